The van der Waals surface area contributed by atoms with Crippen molar-refractivity contribution in [3.8, 4) is 5.75 Å². The topological polar surface area (TPSA) is 52.6 Å². The molecule has 2 heterocycles. The lowest BCUT2D eigenvalue weighted by atomic mass is 10.2. The van der Waals surface area contributed by atoms with Gasteiger partial charge < -0.3 is 24.6 Å². The molecule has 1 atom stereocenters. The fraction of sp³-hybridized carbons (Fsp3) is 0.696. The Morgan fingerprint density at radius 1 is 1.20 bits per heavy atom. The lowest BCUT2D eigenvalue weighted by Gasteiger charge is -2.32. The number of likely N-dealkylation sites (tertiary alicyclic amines) is 1. The molecule has 1 unspecified atom stereocenters. The standard InChI is InChI=1S/C23H39N5O2/c1-4-26(5-2)12-17-30-22-9-7-6-8-20(22)18-25-23(24-3)28-11-10-21(19-28)27-13-15-29-16-14-27/h6-9,21H,4-5,10-19H2,1-3H3,(H,24,25). The highest BCUT2D eigenvalue weighted by Gasteiger charge is 2.30. The van der Waals surface area contributed by atoms with Crippen LogP contribution in [0.5, 0.6) is 5.75 Å². The molecule has 0 amide bonds. The first-order valence-corrected chi connectivity index (χ1v) is 11.5. The maximum atomic E-state index is 6.11. The quantitative estimate of drug-likeness (QED) is 0.489. The van der Waals surface area contributed by atoms with Crippen molar-refractivity contribution in [1.29, 1.82) is 0 Å². The fourth-order valence-electron chi connectivity index (χ4n) is 4.30. The average molecular weight is 418 g/mol. The minimum atomic E-state index is 0.600. The summed E-state index contributed by atoms with van der Waals surface area (Å²) in [6.45, 7) is 14.7. The van der Waals surface area contributed by atoms with Gasteiger partial charge in [-0.25, -0.2) is 0 Å². The number of rotatable bonds is 9. The number of likely N-dealkylation sites (N-methyl/N-ethyl adjacent to an activating group) is 1. The van der Waals surface area contributed by atoms with Gasteiger partial charge in [-0.15, -0.1) is 0 Å². The molecule has 0 radical (unpaired) electrons. The molecule has 2 saturated heterocycles. The Hall–Kier alpha value is -1.83. The van der Waals surface area contributed by atoms with Gasteiger partial charge in [0.25, 0.3) is 0 Å². The van der Waals surface area contributed by atoms with Crippen LogP contribution in [0.3, 0.4) is 0 Å². The normalized spacial score (nSPS) is 20.7. The number of hydrogen-bond acceptors (Lipinski definition) is 5. The number of guanidine groups is 1. The van der Waals surface area contributed by atoms with E-state index in [2.05, 4.69) is 57.1 Å². The molecule has 0 aromatic heterocycles. The van der Waals surface area contributed by atoms with Gasteiger partial charge in [0.1, 0.15) is 12.4 Å². The Bertz CT molecular complexity index is 659. The van der Waals surface area contributed by atoms with Gasteiger partial charge in [0.15, 0.2) is 5.96 Å². The van der Waals surface area contributed by atoms with E-state index in [9.17, 15) is 0 Å². The third-order valence-corrected chi connectivity index (χ3v) is 6.21. The molecule has 0 saturated carbocycles. The molecule has 2 aliphatic rings. The van der Waals surface area contributed by atoms with Crippen LogP contribution in [0.1, 0.15) is 25.8 Å². The minimum Gasteiger partial charge on any atom is -0.492 e. The van der Waals surface area contributed by atoms with E-state index in [0.717, 1.165) is 70.7 Å². The van der Waals surface area contributed by atoms with E-state index in [1.54, 1.807) is 0 Å². The number of nitrogens with zero attached hydrogens (tertiary/aromatic N) is 4. The van der Waals surface area contributed by atoms with Crippen LogP contribution in [0.25, 0.3) is 0 Å². The summed E-state index contributed by atoms with van der Waals surface area (Å²) in [5, 5.41) is 3.56. The van der Waals surface area contributed by atoms with Crippen molar-refractivity contribution in [3.63, 3.8) is 0 Å². The van der Waals surface area contributed by atoms with Gasteiger partial charge in [-0.1, -0.05) is 32.0 Å². The van der Waals surface area contributed by atoms with Gasteiger partial charge in [-0.05, 0) is 25.6 Å². The summed E-state index contributed by atoms with van der Waals surface area (Å²) < 4.78 is 11.6. The van der Waals surface area contributed by atoms with Gasteiger partial charge in [-0.3, -0.25) is 9.89 Å². The largest absolute Gasteiger partial charge is 0.492 e. The van der Waals surface area contributed by atoms with Crippen molar-refractivity contribution in [2.75, 3.05) is 72.7 Å². The molecule has 168 valence electrons. The van der Waals surface area contributed by atoms with E-state index in [4.69, 9.17) is 9.47 Å². The van der Waals surface area contributed by atoms with Crippen molar-refractivity contribution < 1.29 is 9.47 Å². The number of morpholine rings is 1. The van der Waals surface area contributed by atoms with E-state index in [0.29, 0.717) is 19.2 Å². The van der Waals surface area contributed by atoms with E-state index < -0.39 is 0 Å². The van der Waals surface area contributed by atoms with Crippen molar-refractivity contribution >= 4 is 5.96 Å². The van der Waals surface area contributed by atoms with Crippen LogP contribution < -0.4 is 10.1 Å². The summed E-state index contributed by atoms with van der Waals surface area (Å²) in [7, 11) is 1.87. The second-order valence-corrected chi connectivity index (χ2v) is 7.92. The first-order chi connectivity index (χ1) is 14.7. The van der Waals surface area contributed by atoms with Crippen LogP contribution in [0.15, 0.2) is 29.3 Å². The van der Waals surface area contributed by atoms with Crippen molar-refractivity contribution in [2.24, 2.45) is 4.99 Å². The molecule has 1 aromatic carbocycles. The van der Waals surface area contributed by atoms with Crippen LogP contribution in [0.4, 0.5) is 0 Å². The van der Waals surface area contributed by atoms with Gasteiger partial charge in [0.2, 0.25) is 0 Å². The molecule has 1 N–H and O–H groups in total. The molecular weight excluding hydrogens is 378 g/mol. The molecule has 2 fully saturated rings. The molecular formula is C23H39N5O2. The van der Waals surface area contributed by atoms with Crippen LogP contribution >= 0.6 is 0 Å². The lowest BCUT2D eigenvalue weighted by molar-refractivity contribution is 0.0195. The third kappa shape index (κ3) is 6.33. The third-order valence-electron chi connectivity index (χ3n) is 6.21. The smallest absolute Gasteiger partial charge is 0.193 e. The molecule has 0 bridgehead atoms. The Morgan fingerprint density at radius 3 is 2.70 bits per heavy atom. The van der Waals surface area contributed by atoms with E-state index >= 15 is 0 Å². The minimum absolute atomic E-state index is 0.600. The van der Waals surface area contributed by atoms with Crippen LogP contribution in [0, 0.1) is 0 Å². The molecule has 0 aliphatic carbocycles. The van der Waals surface area contributed by atoms with Crippen LogP contribution in [-0.2, 0) is 11.3 Å². The summed E-state index contributed by atoms with van der Waals surface area (Å²) in [6, 6.07) is 8.91. The van der Waals surface area contributed by atoms with Gasteiger partial charge in [-0.2, -0.15) is 0 Å². The first kappa shape index (κ1) is 22.8. The lowest BCUT2D eigenvalue weighted by Crippen LogP contribution is -2.46. The number of nitrogens with one attached hydrogen (secondary N) is 1. The number of para-hydroxylation sites is 1. The molecule has 1 aromatic rings. The average Bonchev–Trinajstić information content (AvgIpc) is 3.29. The van der Waals surface area contributed by atoms with E-state index in [1.165, 1.54) is 12.0 Å². The summed E-state index contributed by atoms with van der Waals surface area (Å²) in [6.07, 6.45) is 1.19. The summed E-state index contributed by atoms with van der Waals surface area (Å²) in [5.74, 6) is 1.93. The van der Waals surface area contributed by atoms with Crippen molar-refractivity contribution in [3.05, 3.63) is 29.8 Å². The van der Waals surface area contributed by atoms with Crippen molar-refractivity contribution in [1.82, 2.24) is 20.0 Å². The summed E-state index contributed by atoms with van der Waals surface area (Å²) in [4.78, 5) is 11.9. The molecule has 7 nitrogen and oxygen atoms in total. The molecule has 2 aliphatic heterocycles. The summed E-state index contributed by atoms with van der Waals surface area (Å²) in [5.41, 5.74) is 1.17. The Balaban J connectivity index is 1.50. The zero-order valence-electron chi connectivity index (χ0n) is 19.0. The first-order valence-electron chi connectivity index (χ1n) is 11.5. The number of aliphatic imine (C=N–C) groups is 1. The Kier molecular flexibility index (Phi) is 9.24. The Morgan fingerprint density at radius 2 is 1.97 bits per heavy atom. The molecule has 7 heteroatoms. The monoisotopic (exact) mass is 417 g/mol. The zero-order chi connectivity index (χ0) is 21.2. The van der Waals surface area contributed by atoms with Gasteiger partial charge in [0, 0.05) is 57.9 Å². The number of hydrogen-bond donors (Lipinski definition) is 1. The highest BCUT2D eigenvalue weighted by Crippen LogP contribution is 2.19. The highest BCUT2D eigenvalue weighted by molar-refractivity contribution is 5.80. The maximum Gasteiger partial charge on any atom is 0.193 e. The SMILES string of the molecule is CCN(CC)CCOc1ccccc1CNC(=NC)N1CCC(N2CCOCC2)C1. The predicted octanol–water partition coefficient (Wildman–Crippen LogP) is 1.89. The second kappa shape index (κ2) is 12.1. The zero-order valence-corrected chi connectivity index (χ0v) is 19.0. The van der Waals surface area contributed by atoms with Crippen LogP contribution in [-0.4, -0.2) is 99.4 Å². The van der Waals surface area contributed by atoms with E-state index in [-0.39, 0.29) is 0 Å². The van der Waals surface area contributed by atoms with Gasteiger partial charge in [0.05, 0.1) is 13.2 Å². The van der Waals surface area contributed by atoms with Crippen LogP contribution in [0.2, 0.25) is 0 Å². The maximum absolute atomic E-state index is 6.11. The highest BCUT2D eigenvalue weighted by atomic mass is 16.5. The number of benzene rings is 1. The summed E-state index contributed by atoms with van der Waals surface area (Å²) >= 11 is 0. The Labute approximate surface area is 182 Å². The predicted molar refractivity (Wildman–Crippen MR) is 122 cm³/mol. The second-order valence-electron chi connectivity index (χ2n) is 7.92. The van der Waals surface area contributed by atoms with Crippen molar-refractivity contribution in [2.45, 2.75) is 32.9 Å². The molecule has 30 heavy (non-hydrogen) atoms. The van der Waals surface area contributed by atoms with E-state index in [1.807, 2.05) is 13.1 Å². The molecule has 0 spiro atoms. The molecule has 3 rings (SSSR count). The van der Waals surface area contributed by atoms with Gasteiger partial charge >= 0.3 is 0 Å². The number of ether oxygens (including phenoxy) is 2. The fourth-order valence-corrected chi connectivity index (χ4v) is 4.30.